The first-order chi connectivity index (χ1) is 11.2. The molecule has 0 spiro atoms. The second kappa shape index (κ2) is 8.08. The van der Waals surface area contributed by atoms with Crippen molar-refractivity contribution in [2.45, 2.75) is 32.4 Å². The molecule has 5 heteroatoms. The molecule has 1 aromatic heterocycles. The molecular weight excluding hydrogens is 372 g/mol. The van der Waals surface area contributed by atoms with Crippen molar-refractivity contribution in [1.82, 2.24) is 10.2 Å². The number of benzene rings is 1. The van der Waals surface area contributed by atoms with Gasteiger partial charge in [0.1, 0.15) is 0 Å². The lowest BCUT2D eigenvalue weighted by molar-refractivity contribution is 0.0955. The van der Waals surface area contributed by atoms with E-state index in [0.717, 1.165) is 20.8 Å². The Bertz CT molecular complexity index is 647. The molecule has 0 radical (unpaired) electrons. The molecule has 0 unspecified atom stereocenters. The Labute approximate surface area is 149 Å². The van der Waals surface area contributed by atoms with Gasteiger partial charge in [-0.3, -0.25) is 9.69 Å². The zero-order valence-corrected chi connectivity index (χ0v) is 15.5. The maximum absolute atomic E-state index is 12.0. The molecule has 1 aliphatic rings. The highest BCUT2D eigenvalue weighted by molar-refractivity contribution is 9.11. The Morgan fingerprint density at radius 2 is 1.74 bits per heavy atom. The van der Waals surface area contributed by atoms with E-state index in [1.54, 1.807) is 0 Å². The number of likely N-dealkylation sites (tertiary alicyclic amines) is 1. The van der Waals surface area contributed by atoms with E-state index in [0.29, 0.717) is 6.54 Å². The lowest BCUT2D eigenvalue weighted by Crippen LogP contribution is -2.29. The normalized spacial score (nSPS) is 15.5. The van der Waals surface area contributed by atoms with E-state index in [9.17, 15) is 4.79 Å². The van der Waals surface area contributed by atoms with Gasteiger partial charge >= 0.3 is 0 Å². The molecule has 1 amide bonds. The maximum Gasteiger partial charge on any atom is 0.261 e. The summed E-state index contributed by atoms with van der Waals surface area (Å²) in [4.78, 5) is 15.3. The molecule has 0 atom stereocenters. The van der Waals surface area contributed by atoms with Crippen molar-refractivity contribution in [3.8, 4) is 0 Å². The second-order valence-corrected chi connectivity index (χ2v) is 8.40. The molecule has 2 aromatic rings. The number of carbonyl (C=O) groups excluding carboxylic acids is 1. The van der Waals surface area contributed by atoms with Crippen molar-refractivity contribution in [3.05, 3.63) is 56.2 Å². The van der Waals surface area contributed by atoms with E-state index in [1.165, 1.54) is 49.3 Å². The predicted molar refractivity (Wildman–Crippen MR) is 98.8 cm³/mol. The first-order valence-corrected chi connectivity index (χ1v) is 9.65. The van der Waals surface area contributed by atoms with Gasteiger partial charge in [-0.25, -0.2) is 0 Å². The number of nitrogens with one attached hydrogen (secondary N) is 1. The second-order valence-electron chi connectivity index (χ2n) is 5.94. The highest BCUT2D eigenvalue weighted by atomic mass is 79.9. The summed E-state index contributed by atoms with van der Waals surface area (Å²) in [6.45, 7) is 4.04. The fraction of sp³-hybridized carbons (Fsp3) is 0.389. The minimum Gasteiger partial charge on any atom is -0.347 e. The lowest BCUT2D eigenvalue weighted by atomic mass is 10.1. The molecule has 122 valence electrons. The van der Waals surface area contributed by atoms with Crippen LogP contribution in [0.25, 0.3) is 0 Å². The molecule has 1 aliphatic heterocycles. The molecule has 0 bridgehead atoms. The molecule has 2 heterocycles. The summed E-state index contributed by atoms with van der Waals surface area (Å²) in [6.07, 6.45) is 4.02. The van der Waals surface area contributed by atoms with E-state index >= 15 is 0 Å². The van der Waals surface area contributed by atoms with Crippen LogP contribution in [0.2, 0.25) is 0 Å². The standard InChI is InChI=1S/C18H21BrN2OS/c19-17-9-8-16(23-17)18(22)20-12-14-4-6-15(7-5-14)13-21-10-2-1-3-11-21/h4-9H,1-3,10-13H2,(H,20,22). The number of amides is 1. The third-order valence-electron chi connectivity index (χ3n) is 4.13. The number of rotatable bonds is 5. The Balaban J connectivity index is 1.50. The molecule has 1 saturated heterocycles. The van der Waals surface area contributed by atoms with Crippen LogP contribution in [0.1, 0.15) is 40.1 Å². The largest absolute Gasteiger partial charge is 0.347 e. The Morgan fingerprint density at radius 1 is 1.04 bits per heavy atom. The molecule has 1 fully saturated rings. The van der Waals surface area contributed by atoms with Gasteiger partial charge in [-0.1, -0.05) is 30.7 Å². The van der Waals surface area contributed by atoms with Crippen molar-refractivity contribution >= 4 is 33.2 Å². The van der Waals surface area contributed by atoms with Gasteiger partial charge in [0.15, 0.2) is 0 Å². The van der Waals surface area contributed by atoms with Crippen LogP contribution in [0.15, 0.2) is 40.2 Å². The zero-order valence-electron chi connectivity index (χ0n) is 13.1. The molecule has 1 aromatic carbocycles. The summed E-state index contributed by atoms with van der Waals surface area (Å²) in [6, 6.07) is 12.3. The van der Waals surface area contributed by atoms with Crippen LogP contribution in [0.4, 0.5) is 0 Å². The van der Waals surface area contributed by atoms with E-state index in [4.69, 9.17) is 0 Å². The number of nitrogens with zero attached hydrogens (tertiary/aromatic N) is 1. The van der Waals surface area contributed by atoms with Crippen LogP contribution in [-0.2, 0) is 13.1 Å². The van der Waals surface area contributed by atoms with Crippen LogP contribution in [0.3, 0.4) is 0 Å². The zero-order chi connectivity index (χ0) is 16.1. The third-order valence-corrected chi connectivity index (χ3v) is 5.75. The number of carbonyl (C=O) groups is 1. The first-order valence-electron chi connectivity index (χ1n) is 8.04. The van der Waals surface area contributed by atoms with Gasteiger partial charge in [-0.2, -0.15) is 0 Å². The molecule has 3 nitrogen and oxygen atoms in total. The summed E-state index contributed by atoms with van der Waals surface area (Å²) in [5, 5.41) is 2.97. The quantitative estimate of drug-likeness (QED) is 0.815. The van der Waals surface area contributed by atoms with Gasteiger partial charge in [0.05, 0.1) is 8.66 Å². The fourth-order valence-electron chi connectivity index (χ4n) is 2.84. The Morgan fingerprint density at radius 3 is 2.39 bits per heavy atom. The number of hydrogen-bond donors (Lipinski definition) is 1. The number of piperidine rings is 1. The summed E-state index contributed by atoms with van der Waals surface area (Å²) in [7, 11) is 0. The van der Waals surface area contributed by atoms with Gasteiger partial charge in [0.2, 0.25) is 0 Å². The van der Waals surface area contributed by atoms with Crippen molar-refractivity contribution in [3.63, 3.8) is 0 Å². The van der Waals surface area contributed by atoms with Crippen LogP contribution in [0, 0.1) is 0 Å². The van der Waals surface area contributed by atoms with E-state index in [-0.39, 0.29) is 5.91 Å². The van der Waals surface area contributed by atoms with Crippen LogP contribution in [-0.4, -0.2) is 23.9 Å². The van der Waals surface area contributed by atoms with E-state index < -0.39 is 0 Å². The van der Waals surface area contributed by atoms with Crippen LogP contribution >= 0.6 is 27.3 Å². The number of hydrogen-bond acceptors (Lipinski definition) is 3. The molecule has 1 N–H and O–H groups in total. The Hall–Kier alpha value is -1.17. The first kappa shape index (κ1) is 16.7. The summed E-state index contributed by atoms with van der Waals surface area (Å²) < 4.78 is 0.977. The summed E-state index contributed by atoms with van der Waals surface area (Å²) in [5.41, 5.74) is 2.49. The minimum absolute atomic E-state index is 0.0157. The molecule has 3 rings (SSSR count). The lowest BCUT2D eigenvalue weighted by Gasteiger charge is -2.26. The predicted octanol–water partition coefficient (Wildman–Crippen LogP) is 4.43. The molecule has 23 heavy (non-hydrogen) atoms. The van der Waals surface area contributed by atoms with Gasteiger partial charge in [-0.15, -0.1) is 11.3 Å². The van der Waals surface area contributed by atoms with E-state index in [1.807, 2.05) is 12.1 Å². The van der Waals surface area contributed by atoms with Crippen molar-refractivity contribution in [2.24, 2.45) is 0 Å². The molecule has 0 aliphatic carbocycles. The monoisotopic (exact) mass is 392 g/mol. The van der Waals surface area contributed by atoms with Gasteiger partial charge in [0.25, 0.3) is 5.91 Å². The minimum atomic E-state index is -0.0157. The maximum atomic E-state index is 12.0. The van der Waals surface area contributed by atoms with Crippen molar-refractivity contribution in [2.75, 3.05) is 13.1 Å². The van der Waals surface area contributed by atoms with Crippen LogP contribution in [0.5, 0.6) is 0 Å². The summed E-state index contributed by atoms with van der Waals surface area (Å²) in [5.74, 6) is -0.0157. The molecule has 0 saturated carbocycles. The van der Waals surface area contributed by atoms with Gasteiger partial charge < -0.3 is 5.32 Å². The van der Waals surface area contributed by atoms with Crippen LogP contribution < -0.4 is 5.32 Å². The number of thiophene rings is 1. The van der Waals surface area contributed by atoms with E-state index in [2.05, 4.69) is 50.4 Å². The fourth-order valence-corrected chi connectivity index (χ4v) is 4.15. The molecular formula is C18H21BrN2OS. The average molecular weight is 393 g/mol. The highest BCUT2D eigenvalue weighted by Gasteiger charge is 2.11. The third kappa shape index (κ3) is 4.90. The summed E-state index contributed by atoms with van der Waals surface area (Å²) >= 11 is 4.83. The topological polar surface area (TPSA) is 32.3 Å². The smallest absolute Gasteiger partial charge is 0.261 e. The van der Waals surface area contributed by atoms with Gasteiger partial charge in [0, 0.05) is 13.1 Å². The average Bonchev–Trinajstić information content (AvgIpc) is 3.01. The SMILES string of the molecule is O=C(NCc1ccc(CN2CCCCC2)cc1)c1ccc(Br)s1. The number of halogens is 1. The Kier molecular flexibility index (Phi) is 5.86. The van der Waals surface area contributed by atoms with Gasteiger partial charge in [-0.05, 0) is 65.1 Å². The van der Waals surface area contributed by atoms with Crippen molar-refractivity contribution < 1.29 is 4.79 Å². The van der Waals surface area contributed by atoms with Crippen molar-refractivity contribution in [1.29, 1.82) is 0 Å². The highest BCUT2D eigenvalue weighted by Crippen LogP contribution is 2.22.